The lowest BCUT2D eigenvalue weighted by molar-refractivity contribution is 0.174. The summed E-state index contributed by atoms with van der Waals surface area (Å²) < 4.78 is 12.5. The molecule has 1 aliphatic heterocycles. The van der Waals surface area contributed by atoms with E-state index in [1.807, 2.05) is 30.3 Å². The lowest BCUT2D eigenvalue weighted by Gasteiger charge is -2.08. The van der Waals surface area contributed by atoms with Gasteiger partial charge in [-0.15, -0.1) is 15.3 Å². The van der Waals surface area contributed by atoms with E-state index in [4.69, 9.17) is 32.7 Å². The standard InChI is InChI=1S/C19H13Cl2N5O2/c20-12-7-13(21)9-14(8-12)22-17-3-4-18-23-24-19(26(18)25-17)6-11-1-2-15-16(5-11)28-10-27-15/h1-5,7-9H,6,10H2,(H,22,25). The van der Waals surface area contributed by atoms with Gasteiger partial charge in [-0.3, -0.25) is 0 Å². The zero-order valence-corrected chi connectivity index (χ0v) is 15.9. The molecule has 0 atom stereocenters. The minimum atomic E-state index is 0.247. The Hall–Kier alpha value is -3.03. The number of halogens is 2. The van der Waals surface area contributed by atoms with Crippen LogP contribution in [-0.4, -0.2) is 26.6 Å². The normalized spacial score (nSPS) is 12.5. The summed E-state index contributed by atoms with van der Waals surface area (Å²) in [5, 5.41) is 17.3. The lowest BCUT2D eigenvalue weighted by Crippen LogP contribution is -2.03. The fourth-order valence-corrected chi connectivity index (χ4v) is 3.54. The first-order valence-electron chi connectivity index (χ1n) is 8.47. The molecule has 140 valence electrons. The molecule has 4 aromatic rings. The van der Waals surface area contributed by atoms with E-state index in [-0.39, 0.29) is 6.79 Å². The zero-order valence-electron chi connectivity index (χ0n) is 14.4. The Balaban J connectivity index is 1.45. The summed E-state index contributed by atoms with van der Waals surface area (Å²) in [5.74, 6) is 2.82. The van der Waals surface area contributed by atoms with E-state index in [1.165, 1.54) is 0 Å². The van der Waals surface area contributed by atoms with Gasteiger partial charge < -0.3 is 14.8 Å². The van der Waals surface area contributed by atoms with Crippen molar-refractivity contribution in [3.63, 3.8) is 0 Å². The Morgan fingerprint density at radius 2 is 1.75 bits per heavy atom. The number of nitrogens with zero attached hydrogens (tertiary/aromatic N) is 4. The average Bonchev–Trinajstić information content (AvgIpc) is 3.27. The van der Waals surface area contributed by atoms with E-state index in [1.54, 1.807) is 22.7 Å². The van der Waals surface area contributed by atoms with Gasteiger partial charge in [-0.05, 0) is 48.0 Å². The van der Waals surface area contributed by atoms with E-state index in [9.17, 15) is 0 Å². The maximum atomic E-state index is 6.06. The molecule has 9 heteroatoms. The molecule has 0 amide bonds. The molecule has 0 saturated carbocycles. The van der Waals surface area contributed by atoms with Crippen molar-refractivity contribution in [1.29, 1.82) is 0 Å². The second-order valence-corrected chi connectivity index (χ2v) is 7.13. The molecule has 1 N–H and O–H groups in total. The monoisotopic (exact) mass is 413 g/mol. The van der Waals surface area contributed by atoms with E-state index in [0.717, 1.165) is 22.7 Å². The van der Waals surface area contributed by atoms with E-state index in [0.29, 0.717) is 33.8 Å². The summed E-state index contributed by atoms with van der Waals surface area (Å²) in [6.07, 6.45) is 0.553. The molecular formula is C19H13Cl2N5O2. The molecule has 0 unspecified atom stereocenters. The van der Waals surface area contributed by atoms with Crippen molar-refractivity contribution in [2.75, 3.05) is 12.1 Å². The fourth-order valence-electron chi connectivity index (χ4n) is 3.02. The molecule has 3 heterocycles. The SMILES string of the molecule is Clc1cc(Cl)cc(Nc2ccc3nnc(Cc4ccc5c(c4)OCO5)n3n2)c1. The highest BCUT2D eigenvalue weighted by atomic mass is 35.5. The molecular weight excluding hydrogens is 401 g/mol. The Morgan fingerprint density at radius 1 is 0.929 bits per heavy atom. The Labute approximate surface area is 169 Å². The van der Waals surface area contributed by atoms with Gasteiger partial charge in [0.1, 0.15) is 0 Å². The van der Waals surface area contributed by atoms with Crippen LogP contribution in [0.4, 0.5) is 11.5 Å². The number of fused-ring (bicyclic) bond motifs is 2. The van der Waals surface area contributed by atoms with E-state index >= 15 is 0 Å². The first kappa shape index (κ1) is 17.1. The van der Waals surface area contributed by atoms with Crippen LogP contribution in [0.15, 0.2) is 48.5 Å². The maximum Gasteiger partial charge on any atom is 0.231 e. The van der Waals surface area contributed by atoms with Gasteiger partial charge in [-0.25, -0.2) is 0 Å². The third-order valence-corrected chi connectivity index (χ3v) is 4.70. The van der Waals surface area contributed by atoms with Crippen LogP contribution in [0.2, 0.25) is 10.0 Å². The number of benzene rings is 2. The number of ether oxygens (including phenoxy) is 2. The molecule has 0 aliphatic carbocycles. The highest BCUT2D eigenvalue weighted by Gasteiger charge is 2.15. The molecule has 28 heavy (non-hydrogen) atoms. The van der Waals surface area contributed by atoms with Crippen LogP contribution >= 0.6 is 23.2 Å². The smallest absolute Gasteiger partial charge is 0.231 e. The summed E-state index contributed by atoms with van der Waals surface area (Å²) in [7, 11) is 0. The van der Waals surface area contributed by atoms with Crippen LogP contribution < -0.4 is 14.8 Å². The van der Waals surface area contributed by atoms with Gasteiger partial charge in [0.05, 0.1) is 0 Å². The largest absolute Gasteiger partial charge is 0.454 e. The molecule has 7 nitrogen and oxygen atoms in total. The van der Waals surface area contributed by atoms with Crippen LogP contribution in [0.5, 0.6) is 11.5 Å². The van der Waals surface area contributed by atoms with Crippen molar-refractivity contribution in [2.24, 2.45) is 0 Å². The molecule has 1 aliphatic rings. The fraction of sp³-hybridized carbons (Fsp3) is 0.105. The molecule has 0 saturated heterocycles. The van der Waals surface area contributed by atoms with Crippen LogP contribution in [0.1, 0.15) is 11.4 Å². The number of anilines is 2. The molecule has 0 radical (unpaired) electrons. The molecule has 0 spiro atoms. The second-order valence-electron chi connectivity index (χ2n) is 6.25. The van der Waals surface area contributed by atoms with Gasteiger partial charge >= 0.3 is 0 Å². The van der Waals surface area contributed by atoms with Crippen molar-refractivity contribution in [3.05, 3.63) is 70.0 Å². The Bertz CT molecular complexity index is 1170. The highest BCUT2D eigenvalue weighted by molar-refractivity contribution is 6.35. The van der Waals surface area contributed by atoms with E-state index < -0.39 is 0 Å². The summed E-state index contributed by atoms with van der Waals surface area (Å²) in [4.78, 5) is 0. The number of hydrogen-bond acceptors (Lipinski definition) is 6. The molecule has 2 aromatic carbocycles. The van der Waals surface area contributed by atoms with Gasteiger partial charge in [0.15, 0.2) is 28.8 Å². The lowest BCUT2D eigenvalue weighted by atomic mass is 10.1. The van der Waals surface area contributed by atoms with Crippen molar-refractivity contribution in [1.82, 2.24) is 19.8 Å². The van der Waals surface area contributed by atoms with Crippen LogP contribution in [-0.2, 0) is 6.42 Å². The number of rotatable bonds is 4. The van der Waals surface area contributed by atoms with Crippen LogP contribution in [0.25, 0.3) is 5.65 Å². The first-order chi connectivity index (χ1) is 13.6. The van der Waals surface area contributed by atoms with Gasteiger partial charge in [-0.2, -0.15) is 4.52 Å². The zero-order chi connectivity index (χ0) is 19.1. The summed E-state index contributed by atoms with van der Waals surface area (Å²) in [6, 6.07) is 14.7. The number of nitrogens with one attached hydrogen (secondary N) is 1. The predicted octanol–water partition coefficient (Wildman–Crippen LogP) is 4.49. The minimum absolute atomic E-state index is 0.247. The summed E-state index contributed by atoms with van der Waals surface area (Å²) >= 11 is 12.1. The average molecular weight is 414 g/mol. The van der Waals surface area contributed by atoms with Gasteiger partial charge in [-0.1, -0.05) is 29.3 Å². The van der Waals surface area contributed by atoms with Gasteiger partial charge in [0.25, 0.3) is 0 Å². The third kappa shape index (κ3) is 3.30. The van der Waals surface area contributed by atoms with E-state index in [2.05, 4.69) is 20.6 Å². The minimum Gasteiger partial charge on any atom is -0.454 e. The summed E-state index contributed by atoms with van der Waals surface area (Å²) in [5.41, 5.74) is 2.43. The van der Waals surface area contributed by atoms with Gasteiger partial charge in [0.2, 0.25) is 6.79 Å². The van der Waals surface area contributed by atoms with Gasteiger partial charge in [0, 0.05) is 22.2 Å². The van der Waals surface area contributed by atoms with Crippen molar-refractivity contribution < 1.29 is 9.47 Å². The molecule has 2 aromatic heterocycles. The van der Waals surface area contributed by atoms with Crippen LogP contribution in [0.3, 0.4) is 0 Å². The molecule has 0 fully saturated rings. The molecule has 0 bridgehead atoms. The first-order valence-corrected chi connectivity index (χ1v) is 9.23. The second kappa shape index (κ2) is 6.85. The topological polar surface area (TPSA) is 73.6 Å². The quantitative estimate of drug-likeness (QED) is 0.530. The van der Waals surface area contributed by atoms with Crippen molar-refractivity contribution in [3.8, 4) is 11.5 Å². The number of aromatic nitrogens is 4. The third-order valence-electron chi connectivity index (χ3n) is 4.26. The molecule has 5 rings (SSSR count). The summed E-state index contributed by atoms with van der Waals surface area (Å²) in [6.45, 7) is 0.247. The van der Waals surface area contributed by atoms with Crippen molar-refractivity contribution >= 4 is 40.4 Å². The highest BCUT2D eigenvalue weighted by Crippen LogP contribution is 2.33. The Morgan fingerprint density at radius 3 is 2.61 bits per heavy atom. The predicted molar refractivity (Wildman–Crippen MR) is 106 cm³/mol. The maximum absolute atomic E-state index is 6.06. The Kier molecular flexibility index (Phi) is 4.18. The number of hydrogen-bond donors (Lipinski definition) is 1. The van der Waals surface area contributed by atoms with Crippen molar-refractivity contribution in [2.45, 2.75) is 6.42 Å². The van der Waals surface area contributed by atoms with Crippen LogP contribution in [0, 0.1) is 0 Å².